The number of nitrogens with one attached hydrogen (secondary N) is 1. The molecule has 0 aliphatic heterocycles. The van der Waals surface area contributed by atoms with Crippen molar-refractivity contribution in [2.24, 2.45) is 0 Å². The van der Waals surface area contributed by atoms with Gasteiger partial charge in [0.25, 0.3) is 0 Å². The predicted molar refractivity (Wildman–Crippen MR) is 71.9 cm³/mol. The maximum absolute atomic E-state index is 11.7. The molecule has 0 saturated heterocycles. The van der Waals surface area contributed by atoms with Crippen molar-refractivity contribution in [1.82, 2.24) is 10.5 Å². The Morgan fingerprint density at radius 2 is 2.11 bits per heavy atom. The van der Waals surface area contributed by atoms with Crippen molar-refractivity contribution in [2.75, 3.05) is 6.54 Å². The van der Waals surface area contributed by atoms with Gasteiger partial charge in [-0.2, -0.15) is 0 Å². The minimum absolute atomic E-state index is 0.155. The number of hydrogen-bond acceptors (Lipinski definition) is 4. The maximum atomic E-state index is 11.7. The van der Waals surface area contributed by atoms with Gasteiger partial charge in [-0.05, 0) is 44.0 Å². The number of benzene rings is 1. The van der Waals surface area contributed by atoms with Crippen LogP contribution in [0, 0.1) is 13.8 Å². The number of carbonyl (C=O) groups excluding carboxylic acids is 1. The number of aromatic nitrogens is 1. The first-order chi connectivity index (χ1) is 8.97. The lowest BCUT2D eigenvalue weighted by molar-refractivity contribution is -0.120. The van der Waals surface area contributed by atoms with E-state index in [1.807, 2.05) is 26.0 Å². The molecule has 0 spiro atoms. The van der Waals surface area contributed by atoms with Crippen LogP contribution in [0.5, 0.6) is 0 Å². The van der Waals surface area contributed by atoms with Gasteiger partial charge in [-0.25, -0.2) is 0 Å². The Bertz CT molecular complexity index is 602. The number of carbonyl (C=O) groups is 1. The quantitative estimate of drug-likeness (QED) is 0.875. The average molecular weight is 262 g/mol. The van der Waals surface area contributed by atoms with Gasteiger partial charge in [0.1, 0.15) is 5.69 Å². The number of aliphatic hydroxyl groups excluding tert-OH is 1. The van der Waals surface area contributed by atoms with Crippen LogP contribution in [0.1, 0.15) is 23.7 Å². The maximum Gasteiger partial charge on any atom is 0.226 e. The molecule has 102 valence electrons. The summed E-state index contributed by atoms with van der Waals surface area (Å²) in [6.45, 7) is 5.88. The van der Waals surface area contributed by atoms with Crippen LogP contribution in [0.15, 0.2) is 16.7 Å². The van der Waals surface area contributed by atoms with Crippen LogP contribution in [0.2, 0.25) is 0 Å². The fourth-order valence-electron chi connectivity index (χ4n) is 1.85. The molecule has 5 heteroatoms. The Kier molecular flexibility index (Phi) is 3.85. The molecule has 1 aromatic heterocycles. The molecular formula is C14H18N2O3. The molecule has 19 heavy (non-hydrogen) atoms. The number of fused-ring (bicyclic) bond motifs is 1. The largest absolute Gasteiger partial charge is 0.392 e. The first-order valence-corrected chi connectivity index (χ1v) is 6.27. The van der Waals surface area contributed by atoms with Gasteiger partial charge in [-0.1, -0.05) is 5.16 Å². The van der Waals surface area contributed by atoms with E-state index in [1.54, 1.807) is 6.92 Å². The van der Waals surface area contributed by atoms with E-state index in [0.717, 1.165) is 16.5 Å². The van der Waals surface area contributed by atoms with Crippen LogP contribution in [-0.2, 0) is 11.2 Å². The fraction of sp³-hybridized carbons (Fsp3) is 0.429. The summed E-state index contributed by atoms with van der Waals surface area (Å²) in [4.78, 5) is 11.7. The van der Waals surface area contributed by atoms with E-state index in [0.29, 0.717) is 11.3 Å². The summed E-state index contributed by atoms with van der Waals surface area (Å²) >= 11 is 0. The molecule has 1 unspecified atom stereocenters. The highest BCUT2D eigenvalue weighted by atomic mass is 16.5. The van der Waals surface area contributed by atoms with Gasteiger partial charge in [-0.15, -0.1) is 0 Å². The normalized spacial score (nSPS) is 12.6. The van der Waals surface area contributed by atoms with Gasteiger partial charge in [0.05, 0.1) is 12.5 Å². The molecule has 1 amide bonds. The number of hydrogen-bond donors (Lipinski definition) is 2. The summed E-state index contributed by atoms with van der Waals surface area (Å²) in [7, 11) is 0. The third-order valence-electron chi connectivity index (χ3n) is 3.08. The molecule has 0 aliphatic rings. The van der Waals surface area contributed by atoms with Crippen molar-refractivity contribution >= 4 is 16.9 Å². The van der Waals surface area contributed by atoms with Gasteiger partial charge in [-0.3, -0.25) is 4.79 Å². The zero-order valence-electron chi connectivity index (χ0n) is 11.4. The molecule has 1 heterocycles. The van der Waals surface area contributed by atoms with Gasteiger partial charge >= 0.3 is 0 Å². The first-order valence-electron chi connectivity index (χ1n) is 6.27. The van der Waals surface area contributed by atoms with Crippen molar-refractivity contribution in [1.29, 1.82) is 0 Å². The fourth-order valence-corrected chi connectivity index (χ4v) is 1.85. The average Bonchev–Trinajstić information content (AvgIpc) is 2.70. The molecule has 0 fully saturated rings. The second kappa shape index (κ2) is 5.40. The summed E-state index contributed by atoms with van der Waals surface area (Å²) < 4.78 is 5.23. The zero-order chi connectivity index (χ0) is 14.0. The molecule has 1 aromatic carbocycles. The lowest BCUT2D eigenvalue weighted by atomic mass is 10.1. The monoisotopic (exact) mass is 262 g/mol. The molecule has 0 saturated carbocycles. The number of nitrogens with zero attached hydrogens (tertiary/aromatic N) is 1. The van der Waals surface area contributed by atoms with Gasteiger partial charge in [0.15, 0.2) is 5.58 Å². The SMILES string of the molecule is Cc1cc2onc(CC(=O)NCC(C)O)c2cc1C. The minimum Gasteiger partial charge on any atom is -0.392 e. The third-order valence-corrected chi connectivity index (χ3v) is 3.08. The van der Waals surface area contributed by atoms with Gasteiger partial charge < -0.3 is 14.9 Å². The molecule has 2 aromatic rings. The standard InChI is InChI=1S/C14H18N2O3/c1-8-4-11-12(6-14(18)15-7-10(3)17)16-19-13(11)5-9(8)2/h4-5,10,17H,6-7H2,1-3H3,(H,15,18). The highest BCUT2D eigenvalue weighted by molar-refractivity contribution is 5.87. The number of rotatable bonds is 4. The van der Waals surface area contributed by atoms with E-state index in [4.69, 9.17) is 9.63 Å². The highest BCUT2D eigenvalue weighted by Gasteiger charge is 2.13. The molecule has 0 aliphatic carbocycles. The summed E-state index contributed by atoms with van der Waals surface area (Å²) in [5.41, 5.74) is 3.60. The second-order valence-corrected chi connectivity index (χ2v) is 4.89. The molecular weight excluding hydrogens is 244 g/mol. The molecule has 0 radical (unpaired) electrons. The van der Waals surface area contributed by atoms with E-state index in [-0.39, 0.29) is 18.9 Å². The molecule has 5 nitrogen and oxygen atoms in total. The van der Waals surface area contributed by atoms with Crippen molar-refractivity contribution < 1.29 is 14.4 Å². The zero-order valence-corrected chi connectivity index (χ0v) is 11.4. The Morgan fingerprint density at radius 1 is 1.42 bits per heavy atom. The molecule has 0 bridgehead atoms. The van der Waals surface area contributed by atoms with E-state index in [1.165, 1.54) is 0 Å². The summed E-state index contributed by atoms with van der Waals surface area (Å²) in [5, 5.41) is 16.6. The first kappa shape index (κ1) is 13.5. The molecule has 2 rings (SSSR count). The van der Waals surface area contributed by atoms with Crippen LogP contribution >= 0.6 is 0 Å². The van der Waals surface area contributed by atoms with Crippen LogP contribution in [0.4, 0.5) is 0 Å². The van der Waals surface area contributed by atoms with Crippen LogP contribution < -0.4 is 5.32 Å². The smallest absolute Gasteiger partial charge is 0.226 e. The predicted octanol–water partition coefficient (Wildman–Crippen LogP) is 1.48. The van der Waals surface area contributed by atoms with Crippen molar-refractivity contribution in [3.05, 3.63) is 29.0 Å². The Balaban J connectivity index is 2.17. The van der Waals surface area contributed by atoms with Gasteiger partial charge in [0, 0.05) is 11.9 Å². The Hall–Kier alpha value is -1.88. The van der Waals surface area contributed by atoms with Crippen molar-refractivity contribution in [3.63, 3.8) is 0 Å². The van der Waals surface area contributed by atoms with Crippen molar-refractivity contribution in [2.45, 2.75) is 33.3 Å². The number of aryl methyl sites for hydroxylation is 2. The number of amides is 1. The third kappa shape index (κ3) is 3.12. The van der Waals surface area contributed by atoms with E-state index in [2.05, 4.69) is 10.5 Å². The van der Waals surface area contributed by atoms with Crippen molar-refractivity contribution in [3.8, 4) is 0 Å². The Labute approximate surface area is 111 Å². The van der Waals surface area contributed by atoms with E-state index in [9.17, 15) is 4.79 Å². The molecule has 2 N–H and O–H groups in total. The molecule has 1 atom stereocenters. The topological polar surface area (TPSA) is 75.4 Å². The van der Waals surface area contributed by atoms with Crippen LogP contribution in [0.3, 0.4) is 0 Å². The van der Waals surface area contributed by atoms with E-state index >= 15 is 0 Å². The van der Waals surface area contributed by atoms with E-state index < -0.39 is 6.10 Å². The van der Waals surface area contributed by atoms with Crippen LogP contribution in [0.25, 0.3) is 11.0 Å². The summed E-state index contributed by atoms with van der Waals surface area (Å²) in [6, 6.07) is 3.91. The highest BCUT2D eigenvalue weighted by Crippen LogP contribution is 2.22. The lowest BCUT2D eigenvalue weighted by Crippen LogP contribution is -2.31. The van der Waals surface area contributed by atoms with Crippen LogP contribution in [-0.4, -0.2) is 28.8 Å². The summed E-state index contributed by atoms with van der Waals surface area (Å²) in [5.74, 6) is -0.172. The second-order valence-electron chi connectivity index (χ2n) is 4.89. The number of aliphatic hydroxyl groups is 1. The summed E-state index contributed by atoms with van der Waals surface area (Å²) in [6.07, 6.45) is -0.398. The lowest BCUT2D eigenvalue weighted by Gasteiger charge is -2.05. The minimum atomic E-state index is -0.553. The Morgan fingerprint density at radius 3 is 2.79 bits per heavy atom. The van der Waals surface area contributed by atoms with Gasteiger partial charge in [0.2, 0.25) is 5.91 Å².